The Morgan fingerprint density at radius 3 is 2.52 bits per heavy atom. The van der Waals surface area contributed by atoms with E-state index in [1.165, 1.54) is 5.56 Å². The van der Waals surface area contributed by atoms with Gasteiger partial charge < -0.3 is 16.0 Å². The fourth-order valence-electron chi connectivity index (χ4n) is 2.93. The van der Waals surface area contributed by atoms with E-state index in [0.717, 1.165) is 37.9 Å². The Bertz CT molecular complexity index is 756. The van der Waals surface area contributed by atoms with Gasteiger partial charge in [0.15, 0.2) is 0 Å². The third kappa shape index (κ3) is 3.96. The number of hydrogen-bond donors (Lipinski definition) is 2. The molecule has 1 aromatic carbocycles. The molecule has 0 unspecified atom stereocenters. The summed E-state index contributed by atoms with van der Waals surface area (Å²) in [5, 5.41) is 14.5. The molecule has 0 amide bonds. The van der Waals surface area contributed by atoms with Crippen LogP contribution in [0.4, 0.5) is 23.3 Å². The van der Waals surface area contributed by atoms with E-state index in [1.54, 1.807) is 0 Å². The number of piperidine rings is 1. The third-order valence-corrected chi connectivity index (χ3v) is 4.30. The van der Waals surface area contributed by atoms with Crippen LogP contribution in [0.1, 0.15) is 30.4 Å². The highest BCUT2D eigenvalue weighted by molar-refractivity contribution is 5.71. The maximum Gasteiger partial charge on any atom is 0.353 e. The Kier molecular flexibility index (Phi) is 4.97. The molecule has 1 aliphatic rings. The molecule has 0 spiro atoms. The second kappa shape index (κ2) is 7.33. The van der Waals surface area contributed by atoms with Crippen molar-refractivity contribution in [2.75, 3.05) is 29.0 Å². The molecular weight excluding hydrogens is 320 g/mol. The van der Waals surface area contributed by atoms with E-state index in [0.29, 0.717) is 18.3 Å². The number of nitrogen functional groups attached to an aromatic ring is 1. The molecule has 2 aromatic rings. The highest BCUT2D eigenvalue weighted by atomic mass is 16.6. The van der Waals surface area contributed by atoms with Crippen molar-refractivity contribution in [2.45, 2.75) is 32.7 Å². The van der Waals surface area contributed by atoms with Crippen molar-refractivity contribution in [3.05, 3.63) is 45.5 Å². The summed E-state index contributed by atoms with van der Waals surface area (Å²) in [6, 6.07) is 8.09. The number of hydrogen-bond acceptors (Lipinski definition) is 7. The van der Waals surface area contributed by atoms with E-state index >= 15 is 0 Å². The summed E-state index contributed by atoms with van der Waals surface area (Å²) in [5.74, 6) is 0.514. The van der Waals surface area contributed by atoms with Crippen molar-refractivity contribution in [1.29, 1.82) is 0 Å². The zero-order chi connectivity index (χ0) is 17.8. The molecule has 0 atom stereocenters. The van der Waals surface area contributed by atoms with Gasteiger partial charge in [-0.15, -0.1) is 0 Å². The minimum Gasteiger partial charge on any atom is -0.378 e. The number of aryl methyl sites for hydroxylation is 1. The second-order valence-electron chi connectivity index (χ2n) is 6.25. The van der Waals surface area contributed by atoms with Crippen LogP contribution in [-0.4, -0.2) is 28.0 Å². The fourth-order valence-corrected chi connectivity index (χ4v) is 2.93. The molecule has 3 N–H and O–H groups in total. The first-order chi connectivity index (χ1) is 12.0. The lowest BCUT2D eigenvalue weighted by Gasteiger charge is -2.27. The Morgan fingerprint density at radius 2 is 1.88 bits per heavy atom. The number of nitrogens with zero attached hydrogens (tertiary/aromatic N) is 4. The van der Waals surface area contributed by atoms with Crippen molar-refractivity contribution < 1.29 is 4.92 Å². The molecule has 8 heteroatoms. The molecule has 8 nitrogen and oxygen atoms in total. The molecule has 1 saturated heterocycles. The minimum atomic E-state index is -0.497. The molecule has 2 heterocycles. The molecule has 132 valence electrons. The SMILES string of the molecule is Cc1ccc(CNc2nc(N)c([N+](=O)[O-])c(N3CCCCC3)n2)cc1. The summed E-state index contributed by atoms with van der Waals surface area (Å²) in [6.45, 7) is 4.04. The topological polar surface area (TPSA) is 110 Å². The predicted molar refractivity (Wildman–Crippen MR) is 97.7 cm³/mol. The summed E-state index contributed by atoms with van der Waals surface area (Å²) >= 11 is 0. The average molecular weight is 342 g/mol. The molecule has 0 saturated carbocycles. The van der Waals surface area contributed by atoms with Crippen molar-refractivity contribution in [3.63, 3.8) is 0 Å². The van der Waals surface area contributed by atoms with Crippen LogP contribution in [0.3, 0.4) is 0 Å². The molecular formula is C17H22N6O2. The van der Waals surface area contributed by atoms with Crippen molar-refractivity contribution in [1.82, 2.24) is 9.97 Å². The van der Waals surface area contributed by atoms with Crippen molar-refractivity contribution >= 4 is 23.3 Å². The average Bonchev–Trinajstić information content (AvgIpc) is 2.61. The maximum atomic E-state index is 11.4. The number of aromatic nitrogens is 2. The molecule has 0 bridgehead atoms. The van der Waals surface area contributed by atoms with Gasteiger partial charge in [-0.3, -0.25) is 10.1 Å². The standard InChI is InChI=1S/C17H22N6O2/c1-12-5-7-13(8-6-12)11-19-17-20-15(18)14(23(24)25)16(21-17)22-9-3-2-4-10-22/h5-8H,2-4,9-11H2,1H3,(H3,18,19,20,21). The Balaban J connectivity index is 1.85. The number of rotatable bonds is 5. The molecule has 1 fully saturated rings. The van der Waals surface area contributed by atoms with Crippen LogP contribution in [0.5, 0.6) is 0 Å². The number of anilines is 3. The van der Waals surface area contributed by atoms with Gasteiger partial charge in [-0.25, -0.2) is 0 Å². The van der Waals surface area contributed by atoms with E-state index in [1.807, 2.05) is 36.1 Å². The lowest BCUT2D eigenvalue weighted by Crippen LogP contribution is -2.31. The van der Waals surface area contributed by atoms with Gasteiger partial charge >= 0.3 is 5.69 Å². The van der Waals surface area contributed by atoms with Gasteiger partial charge in [-0.2, -0.15) is 9.97 Å². The van der Waals surface area contributed by atoms with Crippen LogP contribution >= 0.6 is 0 Å². The summed E-state index contributed by atoms with van der Waals surface area (Å²) in [7, 11) is 0. The quantitative estimate of drug-likeness (QED) is 0.635. The molecule has 25 heavy (non-hydrogen) atoms. The lowest BCUT2D eigenvalue weighted by atomic mass is 10.1. The van der Waals surface area contributed by atoms with Crippen LogP contribution in [0.2, 0.25) is 0 Å². The first-order valence-electron chi connectivity index (χ1n) is 8.41. The van der Waals surface area contributed by atoms with Gasteiger partial charge in [0.25, 0.3) is 0 Å². The van der Waals surface area contributed by atoms with Crippen LogP contribution in [0.15, 0.2) is 24.3 Å². The monoisotopic (exact) mass is 342 g/mol. The third-order valence-electron chi connectivity index (χ3n) is 4.30. The van der Waals surface area contributed by atoms with Crippen LogP contribution in [-0.2, 0) is 6.54 Å². The highest BCUT2D eigenvalue weighted by Gasteiger charge is 2.28. The molecule has 0 radical (unpaired) electrons. The van der Waals surface area contributed by atoms with Gasteiger partial charge in [0.05, 0.1) is 4.92 Å². The van der Waals surface area contributed by atoms with Gasteiger partial charge in [0.2, 0.25) is 17.6 Å². The lowest BCUT2D eigenvalue weighted by molar-refractivity contribution is -0.383. The Hall–Kier alpha value is -2.90. The molecule has 1 aliphatic heterocycles. The van der Waals surface area contributed by atoms with Gasteiger partial charge in [-0.1, -0.05) is 29.8 Å². The smallest absolute Gasteiger partial charge is 0.353 e. The minimum absolute atomic E-state index is 0.105. The van der Waals surface area contributed by atoms with Crippen molar-refractivity contribution in [3.8, 4) is 0 Å². The largest absolute Gasteiger partial charge is 0.378 e. The normalized spacial score (nSPS) is 14.4. The van der Waals surface area contributed by atoms with Crippen LogP contribution in [0, 0.1) is 17.0 Å². The predicted octanol–water partition coefficient (Wildman–Crippen LogP) is 2.88. The number of benzene rings is 1. The zero-order valence-electron chi connectivity index (χ0n) is 14.2. The van der Waals surface area contributed by atoms with Gasteiger partial charge in [0.1, 0.15) is 0 Å². The molecule has 0 aliphatic carbocycles. The van der Waals surface area contributed by atoms with Crippen LogP contribution in [0.25, 0.3) is 0 Å². The summed E-state index contributed by atoms with van der Waals surface area (Å²) in [4.78, 5) is 21.3. The van der Waals surface area contributed by atoms with Gasteiger partial charge in [0, 0.05) is 19.6 Å². The number of nitro groups is 1. The Labute approximate surface area is 146 Å². The number of nitrogens with two attached hydrogens (primary N) is 1. The van der Waals surface area contributed by atoms with E-state index < -0.39 is 4.92 Å². The van der Waals surface area contributed by atoms with E-state index in [2.05, 4.69) is 15.3 Å². The highest BCUT2D eigenvalue weighted by Crippen LogP contribution is 2.33. The second-order valence-corrected chi connectivity index (χ2v) is 6.25. The van der Waals surface area contributed by atoms with Crippen LogP contribution < -0.4 is 16.0 Å². The molecule has 1 aromatic heterocycles. The zero-order valence-corrected chi connectivity index (χ0v) is 14.2. The van der Waals surface area contributed by atoms with E-state index in [4.69, 9.17) is 5.73 Å². The fraction of sp³-hybridized carbons (Fsp3) is 0.412. The maximum absolute atomic E-state index is 11.4. The summed E-state index contributed by atoms with van der Waals surface area (Å²) in [5.41, 5.74) is 7.92. The first kappa shape index (κ1) is 16.9. The van der Waals surface area contributed by atoms with E-state index in [-0.39, 0.29) is 11.5 Å². The first-order valence-corrected chi connectivity index (χ1v) is 8.41. The summed E-state index contributed by atoms with van der Waals surface area (Å²) < 4.78 is 0. The Morgan fingerprint density at radius 1 is 1.20 bits per heavy atom. The number of nitrogens with one attached hydrogen (secondary N) is 1. The van der Waals surface area contributed by atoms with Gasteiger partial charge in [-0.05, 0) is 31.7 Å². The van der Waals surface area contributed by atoms with E-state index in [9.17, 15) is 10.1 Å². The molecule has 3 rings (SSSR count). The van der Waals surface area contributed by atoms with Crippen molar-refractivity contribution in [2.24, 2.45) is 0 Å². The summed E-state index contributed by atoms with van der Waals surface area (Å²) in [6.07, 6.45) is 3.11.